The Morgan fingerprint density at radius 2 is 2.27 bits per heavy atom. The van der Waals surface area contributed by atoms with Gasteiger partial charge in [0.05, 0.1) is 11.5 Å². The third-order valence-corrected chi connectivity index (χ3v) is 1.53. The second-order valence-corrected chi connectivity index (χ2v) is 2.82. The second-order valence-electron chi connectivity index (χ2n) is 2.82. The van der Waals surface area contributed by atoms with Crippen LogP contribution < -0.4 is 0 Å². The zero-order valence-corrected chi connectivity index (χ0v) is 7.71. The Balaban J connectivity index is 3.15. The predicted octanol–water partition coefficient (Wildman–Crippen LogP) is 0.0785. The summed E-state index contributed by atoms with van der Waals surface area (Å²) in [5.41, 5.74) is -1.29. The van der Waals surface area contributed by atoms with Crippen LogP contribution in [-0.2, 0) is 11.3 Å². The van der Waals surface area contributed by atoms with Crippen molar-refractivity contribution in [2.45, 2.75) is 13.5 Å². The van der Waals surface area contributed by atoms with E-state index in [1.165, 1.54) is 6.92 Å². The van der Waals surface area contributed by atoms with E-state index in [9.17, 15) is 19.7 Å². The molecule has 0 aromatic carbocycles. The van der Waals surface area contributed by atoms with Gasteiger partial charge in [0.1, 0.15) is 6.20 Å². The molecular weight excluding hydrogens is 206 g/mol. The predicted molar refractivity (Wildman–Crippen MR) is 46.5 cm³/mol. The van der Waals surface area contributed by atoms with E-state index in [1.807, 2.05) is 0 Å². The van der Waals surface area contributed by atoms with E-state index in [-0.39, 0.29) is 12.3 Å². The first kappa shape index (κ1) is 10.8. The van der Waals surface area contributed by atoms with Crippen molar-refractivity contribution in [1.29, 1.82) is 0 Å². The van der Waals surface area contributed by atoms with Gasteiger partial charge >= 0.3 is 11.7 Å². The molecule has 0 radical (unpaired) electrons. The largest absolute Gasteiger partial charge is 0.476 e. The molecule has 1 N–H and O–H groups in total. The number of nitrogens with zero attached hydrogens (tertiary/aromatic N) is 3. The number of nitro groups is 1. The van der Waals surface area contributed by atoms with Crippen molar-refractivity contribution >= 4 is 17.4 Å². The fraction of sp³-hybridized carbons (Fsp3) is 0.286. The van der Waals surface area contributed by atoms with Crippen molar-refractivity contribution in [2.24, 2.45) is 0 Å². The summed E-state index contributed by atoms with van der Waals surface area (Å²) in [5.74, 6) is -1.77. The van der Waals surface area contributed by atoms with E-state index in [2.05, 4.69) is 5.10 Å². The Labute approximate surface area is 83.3 Å². The lowest BCUT2D eigenvalue weighted by molar-refractivity contribution is -0.385. The fourth-order valence-corrected chi connectivity index (χ4v) is 1.01. The lowest BCUT2D eigenvalue weighted by atomic mass is 10.4. The molecule has 0 amide bonds. The molecule has 1 aromatic heterocycles. The summed E-state index contributed by atoms with van der Waals surface area (Å²) in [6.45, 7) is 1.09. The van der Waals surface area contributed by atoms with Gasteiger partial charge in [-0.05, 0) is 6.92 Å². The zero-order chi connectivity index (χ0) is 11.6. The number of aromatic nitrogens is 2. The van der Waals surface area contributed by atoms with E-state index < -0.39 is 22.3 Å². The first-order valence-corrected chi connectivity index (χ1v) is 3.86. The smallest absolute Gasteiger partial charge is 0.363 e. The maximum Gasteiger partial charge on any atom is 0.363 e. The highest BCUT2D eigenvalue weighted by Gasteiger charge is 2.25. The summed E-state index contributed by atoms with van der Waals surface area (Å²) >= 11 is 0. The number of aromatic carboxylic acids is 1. The number of carboxylic acids is 1. The number of carbonyl (C=O) groups excluding carboxylic acids is 1. The lowest BCUT2D eigenvalue weighted by Gasteiger charge is -1.92. The fourth-order valence-electron chi connectivity index (χ4n) is 1.01. The summed E-state index contributed by atoms with van der Waals surface area (Å²) in [5, 5.41) is 22.5. The standard InChI is InChI=1S/C7H7N3O5/c1-4(11)2-9-3-5(10(14)15)6(8-9)7(12)13/h3H,2H2,1H3,(H,12,13). The van der Waals surface area contributed by atoms with Crippen molar-refractivity contribution in [1.82, 2.24) is 9.78 Å². The molecule has 8 heteroatoms. The minimum Gasteiger partial charge on any atom is -0.476 e. The van der Waals surface area contributed by atoms with Crippen LogP contribution in [0.3, 0.4) is 0 Å². The Bertz CT molecular complexity index is 404. The Morgan fingerprint density at radius 1 is 1.67 bits per heavy atom. The van der Waals surface area contributed by atoms with E-state index in [0.29, 0.717) is 0 Å². The van der Waals surface area contributed by atoms with Crippen LogP contribution in [0.15, 0.2) is 6.20 Å². The number of ketones is 1. The lowest BCUT2D eigenvalue weighted by Crippen LogP contribution is -2.08. The minimum atomic E-state index is -1.50. The summed E-state index contributed by atoms with van der Waals surface area (Å²) in [7, 11) is 0. The van der Waals surface area contributed by atoms with Gasteiger partial charge in [-0.3, -0.25) is 19.6 Å². The van der Waals surface area contributed by atoms with Gasteiger partial charge in [-0.1, -0.05) is 0 Å². The molecule has 1 aromatic rings. The quantitative estimate of drug-likeness (QED) is 0.559. The zero-order valence-electron chi connectivity index (χ0n) is 7.71. The average molecular weight is 213 g/mol. The van der Waals surface area contributed by atoms with E-state index >= 15 is 0 Å². The van der Waals surface area contributed by atoms with Crippen molar-refractivity contribution in [3.63, 3.8) is 0 Å². The van der Waals surface area contributed by atoms with Crippen LogP contribution in [0.1, 0.15) is 17.4 Å². The average Bonchev–Trinajstić information content (AvgIpc) is 2.46. The maximum absolute atomic E-state index is 10.7. The number of carboxylic acid groups (broad SMARTS) is 1. The number of carbonyl (C=O) groups is 2. The molecule has 80 valence electrons. The molecule has 0 fully saturated rings. The number of hydrogen-bond donors (Lipinski definition) is 1. The van der Waals surface area contributed by atoms with E-state index in [1.54, 1.807) is 0 Å². The number of rotatable bonds is 4. The highest BCUT2D eigenvalue weighted by molar-refractivity contribution is 5.90. The van der Waals surface area contributed by atoms with Crippen molar-refractivity contribution < 1.29 is 19.6 Å². The molecule has 0 saturated heterocycles. The molecule has 0 saturated carbocycles. The second kappa shape index (κ2) is 3.86. The van der Waals surface area contributed by atoms with E-state index in [4.69, 9.17) is 5.11 Å². The first-order valence-electron chi connectivity index (χ1n) is 3.86. The highest BCUT2D eigenvalue weighted by atomic mass is 16.6. The third kappa shape index (κ3) is 2.36. The molecule has 0 aliphatic carbocycles. The van der Waals surface area contributed by atoms with Crippen molar-refractivity contribution in [3.8, 4) is 0 Å². The summed E-state index contributed by atoms with van der Waals surface area (Å²) in [4.78, 5) is 30.8. The van der Waals surface area contributed by atoms with Crippen LogP contribution in [0, 0.1) is 10.1 Å². The molecule has 1 heterocycles. The Kier molecular flexibility index (Phi) is 2.79. The van der Waals surface area contributed by atoms with E-state index in [0.717, 1.165) is 10.9 Å². The van der Waals surface area contributed by atoms with Gasteiger partial charge in [0.25, 0.3) is 0 Å². The van der Waals surface area contributed by atoms with Crippen LogP contribution >= 0.6 is 0 Å². The van der Waals surface area contributed by atoms with Crippen molar-refractivity contribution in [3.05, 3.63) is 22.0 Å². The Hall–Kier alpha value is -2.25. The molecule has 0 spiro atoms. The maximum atomic E-state index is 10.7. The summed E-state index contributed by atoms with van der Waals surface area (Å²) in [6, 6.07) is 0. The molecule has 8 nitrogen and oxygen atoms in total. The molecule has 1 rings (SSSR count). The van der Waals surface area contributed by atoms with Gasteiger partial charge in [0, 0.05) is 0 Å². The SMILES string of the molecule is CC(=O)Cn1cc([N+](=O)[O-])c(C(=O)O)n1. The van der Waals surface area contributed by atoms with Crippen LogP contribution in [0.4, 0.5) is 5.69 Å². The van der Waals surface area contributed by atoms with Crippen molar-refractivity contribution in [2.75, 3.05) is 0 Å². The molecule has 0 atom stereocenters. The molecule has 15 heavy (non-hydrogen) atoms. The van der Waals surface area contributed by atoms with Gasteiger partial charge in [0.2, 0.25) is 5.69 Å². The third-order valence-electron chi connectivity index (χ3n) is 1.53. The normalized spacial score (nSPS) is 9.93. The molecule has 0 unspecified atom stereocenters. The number of Topliss-reactive ketones (excluding diaryl/α,β-unsaturated/α-hetero) is 1. The van der Waals surface area contributed by atoms with Crippen LogP contribution in [0.25, 0.3) is 0 Å². The molecule has 0 bridgehead atoms. The number of hydrogen-bond acceptors (Lipinski definition) is 5. The Morgan fingerprint density at radius 3 is 2.60 bits per heavy atom. The van der Waals surface area contributed by atoms with Crippen LogP contribution in [0.2, 0.25) is 0 Å². The van der Waals surface area contributed by atoms with Crippen LogP contribution in [0.5, 0.6) is 0 Å². The topological polar surface area (TPSA) is 115 Å². The molecular formula is C7H7N3O5. The van der Waals surface area contributed by atoms with Gasteiger partial charge in [-0.2, -0.15) is 5.10 Å². The minimum absolute atomic E-state index is 0.186. The molecule has 0 aliphatic heterocycles. The molecule has 0 aliphatic rings. The van der Waals surface area contributed by atoms with Gasteiger partial charge in [0.15, 0.2) is 5.78 Å². The first-order chi connectivity index (χ1) is 6.91. The highest BCUT2D eigenvalue weighted by Crippen LogP contribution is 2.16. The summed E-state index contributed by atoms with van der Waals surface area (Å²) < 4.78 is 0.934. The summed E-state index contributed by atoms with van der Waals surface area (Å²) in [6.07, 6.45) is 0.921. The van der Waals surface area contributed by atoms with Crippen LogP contribution in [-0.4, -0.2) is 31.6 Å². The monoisotopic (exact) mass is 213 g/mol. The van der Waals surface area contributed by atoms with Gasteiger partial charge in [-0.15, -0.1) is 0 Å². The van der Waals surface area contributed by atoms with Gasteiger partial charge < -0.3 is 5.11 Å². The van der Waals surface area contributed by atoms with Gasteiger partial charge in [-0.25, -0.2) is 4.79 Å².